The normalized spacial score (nSPS) is 24.5. The fraction of sp³-hybridized carbons (Fsp3) is 0.643. The maximum atomic E-state index is 12.4. The minimum absolute atomic E-state index is 0.0587. The Labute approximate surface area is 150 Å². The molecule has 3 heterocycles. The molecule has 9 nitrogen and oxygen atoms in total. The molecule has 11 heteroatoms. The second-order valence-electron chi connectivity index (χ2n) is 6.12. The fourth-order valence-corrected chi connectivity index (χ4v) is 4.65. The van der Waals surface area contributed by atoms with E-state index in [-0.39, 0.29) is 23.3 Å². The molecule has 1 aliphatic rings. The number of fused-ring (bicyclic) bond motifs is 1. The first kappa shape index (κ1) is 18.5. The summed E-state index contributed by atoms with van der Waals surface area (Å²) in [6, 6.07) is 0. The van der Waals surface area contributed by atoms with E-state index in [1.165, 1.54) is 0 Å². The molecule has 1 aliphatic heterocycles. The van der Waals surface area contributed by atoms with Gasteiger partial charge in [-0.25, -0.2) is 4.98 Å². The molecule has 2 aromatic heterocycles. The Hall–Kier alpha value is -1.25. The summed E-state index contributed by atoms with van der Waals surface area (Å²) in [7, 11) is -3.82. The number of halogens is 1. The van der Waals surface area contributed by atoms with E-state index >= 15 is 0 Å². The minimum atomic E-state index is -3.82. The third-order valence-electron chi connectivity index (χ3n) is 4.20. The molecule has 0 aliphatic carbocycles. The summed E-state index contributed by atoms with van der Waals surface area (Å²) in [5, 5.41) is 0.211. The number of anilines is 1. The van der Waals surface area contributed by atoms with Gasteiger partial charge < -0.3 is 24.5 Å². The minimum Gasteiger partial charge on any atom is -0.368 e. The maximum Gasteiger partial charge on any atom is 0.356 e. The van der Waals surface area contributed by atoms with Gasteiger partial charge in [0, 0.05) is 0 Å². The molecule has 4 unspecified atom stereocenters. The van der Waals surface area contributed by atoms with Gasteiger partial charge in [-0.3, -0.25) is 4.57 Å². The molecule has 0 radical (unpaired) electrons. The standard InChI is InChI=1S/C14H21ClN5O4P/c1-3-8(2)24-25(21,22)10-5-4-9(23-10)6-20-7-17-13-11(20)12(15)18-14(16)19-13/h7-10H,3-6H2,1-2H3,(H,21,22)(H2,16,18,19). The molecule has 25 heavy (non-hydrogen) atoms. The highest BCUT2D eigenvalue weighted by atomic mass is 35.5. The topological polar surface area (TPSA) is 125 Å². The van der Waals surface area contributed by atoms with Crippen molar-refractivity contribution in [3.63, 3.8) is 0 Å². The van der Waals surface area contributed by atoms with Crippen LogP contribution in [-0.4, -0.2) is 42.5 Å². The average molecular weight is 390 g/mol. The monoisotopic (exact) mass is 389 g/mol. The average Bonchev–Trinajstić information content (AvgIpc) is 3.15. The van der Waals surface area contributed by atoms with Crippen LogP contribution in [0.25, 0.3) is 11.2 Å². The summed E-state index contributed by atoms with van der Waals surface area (Å²) in [6.45, 7) is 4.08. The van der Waals surface area contributed by atoms with Gasteiger partial charge in [-0.05, 0) is 26.2 Å². The van der Waals surface area contributed by atoms with Crippen molar-refractivity contribution in [3.8, 4) is 0 Å². The largest absolute Gasteiger partial charge is 0.368 e. The van der Waals surface area contributed by atoms with Gasteiger partial charge in [0.25, 0.3) is 0 Å². The van der Waals surface area contributed by atoms with Crippen LogP contribution < -0.4 is 5.73 Å². The van der Waals surface area contributed by atoms with Crippen LogP contribution in [0.5, 0.6) is 0 Å². The number of hydrogen-bond donors (Lipinski definition) is 2. The highest BCUT2D eigenvalue weighted by Crippen LogP contribution is 2.54. The summed E-state index contributed by atoms with van der Waals surface area (Å²) < 4.78 is 25.2. The van der Waals surface area contributed by atoms with Crippen LogP contribution in [0.3, 0.4) is 0 Å². The van der Waals surface area contributed by atoms with Crippen molar-refractivity contribution in [1.29, 1.82) is 0 Å². The lowest BCUT2D eigenvalue weighted by Gasteiger charge is -2.22. The Kier molecular flexibility index (Phi) is 5.31. The molecule has 0 aromatic carbocycles. The summed E-state index contributed by atoms with van der Waals surface area (Å²) in [5.74, 6) is -0.757. The molecule has 3 rings (SSSR count). The molecule has 0 bridgehead atoms. The first-order valence-electron chi connectivity index (χ1n) is 8.10. The van der Waals surface area contributed by atoms with E-state index in [2.05, 4.69) is 15.0 Å². The van der Waals surface area contributed by atoms with Gasteiger partial charge in [0.15, 0.2) is 16.6 Å². The van der Waals surface area contributed by atoms with E-state index in [1.54, 1.807) is 17.8 Å². The zero-order chi connectivity index (χ0) is 18.2. The zero-order valence-corrected chi connectivity index (χ0v) is 15.7. The van der Waals surface area contributed by atoms with Gasteiger partial charge in [-0.1, -0.05) is 18.5 Å². The van der Waals surface area contributed by atoms with Gasteiger partial charge in [0.2, 0.25) is 5.95 Å². The van der Waals surface area contributed by atoms with Crippen molar-refractivity contribution in [2.45, 2.75) is 57.7 Å². The molecular weight excluding hydrogens is 369 g/mol. The van der Waals surface area contributed by atoms with Gasteiger partial charge in [-0.2, -0.15) is 9.97 Å². The van der Waals surface area contributed by atoms with Crippen molar-refractivity contribution in [2.75, 3.05) is 5.73 Å². The van der Waals surface area contributed by atoms with Crippen LogP contribution in [0, 0.1) is 0 Å². The molecule has 1 fully saturated rings. The molecule has 2 aromatic rings. The van der Waals surface area contributed by atoms with Gasteiger partial charge in [0.1, 0.15) is 5.52 Å². The van der Waals surface area contributed by atoms with E-state index in [0.29, 0.717) is 37.0 Å². The number of aromatic nitrogens is 4. The van der Waals surface area contributed by atoms with Crippen LogP contribution in [0.4, 0.5) is 5.95 Å². The lowest BCUT2D eigenvalue weighted by Crippen LogP contribution is -2.19. The Morgan fingerprint density at radius 1 is 1.56 bits per heavy atom. The Balaban J connectivity index is 1.71. The van der Waals surface area contributed by atoms with Crippen molar-refractivity contribution < 1.29 is 18.7 Å². The van der Waals surface area contributed by atoms with Crippen LogP contribution in [0.15, 0.2) is 6.33 Å². The maximum absolute atomic E-state index is 12.4. The SMILES string of the molecule is CCC(C)OP(=O)(O)C1CCC(Cn2cnc3nc(N)nc(Cl)c32)O1. The Bertz CT molecular complexity index is 816. The highest BCUT2D eigenvalue weighted by Gasteiger charge is 2.41. The van der Waals surface area contributed by atoms with E-state index < -0.39 is 13.4 Å². The van der Waals surface area contributed by atoms with E-state index in [0.717, 1.165) is 0 Å². The van der Waals surface area contributed by atoms with Gasteiger partial charge >= 0.3 is 7.60 Å². The van der Waals surface area contributed by atoms with E-state index in [4.69, 9.17) is 26.6 Å². The Morgan fingerprint density at radius 3 is 3.04 bits per heavy atom. The van der Waals surface area contributed by atoms with Crippen LogP contribution in [0.2, 0.25) is 5.15 Å². The lowest BCUT2D eigenvalue weighted by atomic mass is 10.2. The smallest absolute Gasteiger partial charge is 0.356 e. The van der Waals surface area contributed by atoms with E-state index in [9.17, 15) is 9.46 Å². The number of hydrogen-bond acceptors (Lipinski definition) is 7. The van der Waals surface area contributed by atoms with Gasteiger partial charge in [0.05, 0.1) is 25.1 Å². The first-order chi connectivity index (χ1) is 11.8. The molecular formula is C14H21ClN5O4P. The van der Waals surface area contributed by atoms with Crippen molar-refractivity contribution >= 4 is 36.3 Å². The third-order valence-corrected chi connectivity index (χ3v) is 6.24. The van der Waals surface area contributed by atoms with Crippen molar-refractivity contribution in [3.05, 3.63) is 11.5 Å². The predicted octanol–water partition coefficient (Wildman–Crippen LogP) is 2.57. The summed E-state index contributed by atoms with van der Waals surface area (Å²) in [6.07, 6.45) is 2.78. The number of imidazole rings is 1. The second-order valence-corrected chi connectivity index (χ2v) is 8.39. The number of ether oxygens (including phenoxy) is 1. The molecule has 3 N–H and O–H groups in total. The first-order valence-corrected chi connectivity index (χ1v) is 10.1. The molecule has 0 spiro atoms. The predicted molar refractivity (Wildman–Crippen MR) is 93.3 cm³/mol. The quantitative estimate of drug-likeness (QED) is 0.570. The molecule has 1 saturated heterocycles. The molecule has 0 saturated carbocycles. The second kappa shape index (κ2) is 7.17. The zero-order valence-electron chi connectivity index (χ0n) is 14.0. The van der Waals surface area contributed by atoms with Crippen LogP contribution >= 0.6 is 19.2 Å². The summed E-state index contributed by atoms with van der Waals surface area (Å²) in [4.78, 5) is 22.3. The Morgan fingerprint density at radius 2 is 2.32 bits per heavy atom. The number of rotatable bonds is 6. The van der Waals surface area contributed by atoms with E-state index in [1.807, 2.05) is 6.92 Å². The molecule has 138 valence electrons. The van der Waals surface area contributed by atoms with Gasteiger partial charge in [-0.15, -0.1) is 0 Å². The van der Waals surface area contributed by atoms with Crippen LogP contribution in [-0.2, 0) is 20.4 Å². The third kappa shape index (κ3) is 3.96. The summed E-state index contributed by atoms with van der Waals surface area (Å²) in [5.41, 5.74) is 6.53. The van der Waals surface area contributed by atoms with Crippen molar-refractivity contribution in [1.82, 2.24) is 19.5 Å². The van der Waals surface area contributed by atoms with Crippen LogP contribution in [0.1, 0.15) is 33.1 Å². The lowest BCUT2D eigenvalue weighted by molar-refractivity contribution is 0.0511. The number of nitrogens with two attached hydrogens (primary N) is 1. The number of nitrogens with zero attached hydrogens (tertiary/aromatic N) is 4. The molecule has 4 atom stereocenters. The fourth-order valence-electron chi connectivity index (χ4n) is 2.77. The summed E-state index contributed by atoms with van der Waals surface area (Å²) >= 11 is 6.13. The highest BCUT2D eigenvalue weighted by molar-refractivity contribution is 7.53. The van der Waals surface area contributed by atoms with Crippen molar-refractivity contribution in [2.24, 2.45) is 0 Å². The number of nitrogen functional groups attached to an aromatic ring is 1. The molecule has 0 amide bonds.